The van der Waals surface area contributed by atoms with Crippen molar-refractivity contribution in [2.75, 3.05) is 32.6 Å². The highest BCUT2D eigenvalue weighted by molar-refractivity contribution is 5.87. The average Bonchev–Trinajstić information content (AvgIpc) is 3.15. The number of methoxy groups -OCH3 is 2. The molecular formula is C17H22N6O3. The van der Waals surface area contributed by atoms with Gasteiger partial charge in [0, 0.05) is 19.3 Å². The van der Waals surface area contributed by atoms with Gasteiger partial charge in [-0.1, -0.05) is 6.58 Å². The zero-order valence-corrected chi connectivity index (χ0v) is 14.9. The number of aromatic nitrogens is 4. The second kappa shape index (κ2) is 7.85. The topological polar surface area (TPSA) is 94.4 Å². The van der Waals surface area contributed by atoms with Crippen molar-refractivity contribution in [3.63, 3.8) is 0 Å². The number of ether oxygens (including phenoxy) is 2. The molecule has 0 saturated carbocycles. The molecule has 9 nitrogen and oxygen atoms in total. The summed E-state index contributed by atoms with van der Waals surface area (Å²) in [6.07, 6.45) is 6.69. The third-order valence-electron chi connectivity index (χ3n) is 4.28. The number of carbonyl (C=O) groups is 1. The molecule has 1 N–H and O–H groups in total. The Morgan fingerprint density at radius 3 is 2.50 bits per heavy atom. The Morgan fingerprint density at radius 1 is 1.27 bits per heavy atom. The van der Waals surface area contributed by atoms with Crippen LogP contribution in [0.25, 0.3) is 0 Å². The van der Waals surface area contributed by atoms with Crippen molar-refractivity contribution in [2.45, 2.75) is 18.9 Å². The Morgan fingerprint density at radius 2 is 1.92 bits per heavy atom. The minimum Gasteiger partial charge on any atom is -0.481 e. The van der Waals surface area contributed by atoms with Crippen LogP contribution in [0.4, 0.5) is 11.6 Å². The Bertz CT molecular complexity index is 760. The standard InChI is InChI=1S/C17H22N6O3/c1-4-16(24)22-7-5-13(6-8-22)23-11-12(10-18-23)19-17-20-14(25-2)9-15(21-17)26-3/h4,9-11,13H,1,5-8H2,2-3H3,(H,19,20,21). The van der Waals surface area contributed by atoms with Crippen LogP contribution in [0, 0.1) is 0 Å². The molecule has 1 aliphatic rings. The fraction of sp³-hybridized carbons (Fsp3) is 0.412. The fourth-order valence-corrected chi connectivity index (χ4v) is 2.88. The first-order valence-electron chi connectivity index (χ1n) is 8.32. The molecule has 3 rings (SSSR count). The van der Waals surface area contributed by atoms with Crippen molar-refractivity contribution in [3.8, 4) is 11.8 Å². The lowest BCUT2D eigenvalue weighted by molar-refractivity contribution is -0.127. The zero-order chi connectivity index (χ0) is 18.5. The van der Waals surface area contributed by atoms with Crippen LogP contribution in [0.5, 0.6) is 11.8 Å². The number of anilines is 2. The molecule has 0 atom stereocenters. The van der Waals surface area contributed by atoms with Crippen LogP contribution in [0.2, 0.25) is 0 Å². The highest BCUT2D eigenvalue weighted by Crippen LogP contribution is 2.25. The summed E-state index contributed by atoms with van der Waals surface area (Å²) in [6, 6.07) is 1.85. The number of amides is 1. The molecule has 2 aromatic rings. The number of nitrogens with one attached hydrogen (secondary N) is 1. The van der Waals surface area contributed by atoms with Gasteiger partial charge in [0.2, 0.25) is 23.6 Å². The van der Waals surface area contributed by atoms with Gasteiger partial charge < -0.3 is 19.7 Å². The Balaban J connectivity index is 1.65. The molecule has 0 bridgehead atoms. The van der Waals surface area contributed by atoms with Gasteiger partial charge in [-0.05, 0) is 18.9 Å². The van der Waals surface area contributed by atoms with E-state index in [0.717, 1.165) is 18.5 Å². The lowest BCUT2D eigenvalue weighted by Crippen LogP contribution is -2.38. The van der Waals surface area contributed by atoms with Crippen molar-refractivity contribution < 1.29 is 14.3 Å². The van der Waals surface area contributed by atoms with Crippen LogP contribution in [0.15, 0.2) is 31.1 Å². The third kappa shape index (κ3) is 3.93. The quantitative estimate of drug-likeness (QED) is 0.787. The summed E-state index contributed by atoms with van der Waals surface area (Å²) < 4.78 is 12.2. The monoisotopic (exact) mass is 358 g/mol. The van der Waals surface area contributed by atoms with E-state index in [2.05, 4.69) is 27.0 Å². The average molecular weight is 358 g/mol. The molecule has 1 fully saturated rings. The van der Waals surface area contributed by atoms with Gasteiger partial charge >= 0.3 is 0 Å². The summed E-state index contributed by atoms with van der Waals surface area (Å²) in [7, 11) is 3.07. The lowest BCUT2D eigenvalue weighted by atomic mass is 10.1. The first kappa shape index (κ1) is 17.7. The van der Waals surface area contributed by atoms with E-state index in [0.29, 0.717) is 30.8 Å². The zero-order valence-electron chi connectivity index (χ0n) is 14.9. The largest absolute Gasteiger partial charge is 0.481 e. The van der Waals surface area contributed by atoms with E-state index in [1.165, 1.54) is 20.3 Å². The van der Waals surface area contributed by atoms with Crippen LogP contribution >= 0.6 is 0 Å². The molecule has 26 heavy (non-hydrogen) atoms. The molecule has 2 aromatic heterocycles. The van der Waals surface area contributed by atoms with E-state index in [1.54, 1.807) is 12.3 Å². The van der Waals surface area contributed by atoms with E-state index in [-0.39, 0.29) is 11.9 Å². The first-order valence-corrected chi connectivity index (χ1v) is 8.32. The normalized spacial score (nSPS) is 14.8. The van der Waals surface area contributed by atoms with Crippen molar-refractivity contribution in [3.05, 3.63) is 31.1 Å². The molecule has 1 saturated heterocycles. The maximum atomic E-state index is 11.7. The Hall–Kier alpha value is -3.10. The summed E-state index contributed by atoms with van der Waals surface area (Å²) in [5.74, 6) is 1.17. The van der Waals surface area contributed by atoms with Crippen molar-refractivity contribution in [1.82, 2.24) is 24.6 Å². The van der Waals surface area contributed by atoms with Gasteiger partial charge in [0.15, 0.2) is 0 Å². The van der Waals surface area contributed by atoms with E-state index < -0.39 is 0 Å². The van der Waals surface area contributed by atoms with E-state index in [9.17, 15) is 4.79 Å². The van der Waals surface area contributed by atoms with Crippen LogP contribution in [-0.2, 0) is 4.79 Å². The molecule has 0 aromatic carbocycles. The number of nitrogens with zero attached hydrogens (tertiary/aromatic N) is 5. The third-order valence-corrected chi connectivity index (χ3v) is 4.28. The molecule has 1 aliphatic heterocycles. The molecule has 138 valence electrons. The van der Waals surface area contributed by atoms with E-state index in [4.69, 9.17) is 9.47 Å². The Kier molecular flexibility index (Phi) is 5.35. The van der Waals surface area contributed by atoms with Crippen molar-refractivity contribution in [2.24, 2.45) is 0 Å². The molecule has 0 aliphatic carbocycles. The molecule has 0 spiro atoms. The highest BCUT2D eigenvalue weighted by Gasteiger charge is 2.23. The summed E-state index contributed by atoms with van der Waals surface area (Å²) in [4.78, 5) is 22.0. The predicted molar refractivity (Wildman–Crippen MR) is 95.7 cm³/mol. The molecule has 3 heterocycles. The summed E-state index contributed by atoms with van der Waals surface area (Å²) >= 11 is 0. The van der Waals surface area contributed by atoms with Crippen LogP contribution in [0.3, 0.4) is 0 Å². The van der Waals surface area contributed by atoms with E-state index >= 15 is 0 Å². The minimum atomic E-state index is -0.0182. The number of hydrogen-bond acceptors (Lipinski definition) is 7. The number of hydrogen-bond donors (Lipinski definition) is 1. The maximum absolute atomic E-state index is 11.7. The van der Waals surface area contributed by atoms with Gasteiger partial charge in [-0.25, -0.2) is 0 Å². The Labute approximate surface area is 151 Å². The van der Waals surface area contributed by atoms with Gasteiger partial charge in [0.25, 0.3) is 0 Å². The minimum absolute atomic E-state index is 0.0182. The highest BCUT2D eigenvalue weighted by atomic mass is 16.5. The van der Waals surface area contributed by atoms with Gasteiger partial charge in [0.05, 0.1) is 38.2 Å². The van der Waals surface area contributed by atoms with Crippen LogP contribution in [-0.4, -0.2) is 57.9 Å². The van der Waals surface area contributed by atoms with Crippen molar-refractivity contribution >= 4 is 17.5 Å². The molecule has 1 amide bonds. The molecular weight excluding hydrogens is 336 g/mol. The lowest BCUT2D eigenvalue weighted by Gasteiger charge is -2.31. The molecule has 0 radical (unpaired) electrons. The van der Waals surface area contributed by atoms with E-state index in [1.807, 2.05) is 15.8 Å². The van der Waals surface area contributed by atoms with Gasteiger partial charge in [-0.3, -0.25) is 9.48 Å². The van der Waals surface area contributed by atoms with Gasteiger partial charge in [-0.15, -0.1) is 0 Å². The first-order chi connectivity index (χ1) is 12.6. The smallest absolute Gasteiger partial charge is 0.245 e. The van der Waals surface area contributed by atoms with Crippen LogP contribution < -0.4 is 14.8 Å². The van der Waals surface area contributed by atoms with Crippen LogP contribution in [0.1, 0.15) is 18.9 Å². The molecule has 9 heteroatoms. The predicted octanol–water partition coefficient (Wildman–Crippen LogP) is 1.78. The van der Waals surface area contributed by atoms with Crippen molar-refractivity contribution in [1.29, 1.82) is 0 Å². The number of piperidine rings is 1. The number of likely N-dealkylation sites (tertiary alicyclic amines) is 1. The summed E-state index contributed by atoms with van der Waals surface area (Å²) in [6.45, 7) is 4.94. The fourth-order valence-electron chi connectivity index (χ4n) is 2.88. The summed E-state index contributed by atoms with van der Waals surface area (Å²) in [5, 5.41) is 7.53. The second-order valence-electron chi connectivity index (χ2n) is 5.87. The number of carbonyl (C=O) groups excluding carboxylic acids is 1. The summed E-state index contributed by atoms with van der Waals surface area (Å²) in [5.41, 5.74) is 0.768. The molecule has 0 unspecified atom stereocenters. The second-order valence-corrected chi connectivity index (χ2v) is 5.87. The SMILES string of the molecule is C=CC(=O)N1CCC(n2cc(Nc3nc(OC)cc(OC)n3)cn2)CC1. The van der Waals surface area contributed by atoms with Gasteiger partial charge in [0.1, 0.15) is 0 Å². The van der Waals surface area contributed by atoms with Gasteiger partial charge in [-0.2, -0.15) is 15.1 Å². The maximum Gasteiger partial charge on any atom is 0.245 e. The number of rotatable bonds is 6.